The van der Waals surface area contributed by atoms with Gasteiger partial charge >= 0.3 is 0 Å². The minimum Gasteiger partial charge on any atom is -0.322 e. The van der Waals surface area contributed by atoms with Gasteiger partial charge in [-0.2, -0.15) is 0 Å². The molecule has 0 atom stereocenters. The van der Waals surface area contributed by atoms with Crippen molar-refractivity contribution in [3.05, 3.63) is 95.3 Å². The average Bonchev–Trinajstić information content (AvgIpc) is 2.78. The molecule has 172 valence electrons. The van der Waals surface area contributed by atoms with Crippen LogP contribution in [0.5, 0.6) is 0 Å². The van der Waals surface area contributed by atoms with Crippen molar-refractivity contribution in [3.8, 4) is 0 Å². The third-order valence-corrected chi connectivity index (χ3v) is 4.93. The molecular formula is C25H24F3N3O2. The maximum Gasteiger partial charge on any atom is 0.241 e. The lowest BCUT2D eigenvalue weighted by Gasteiger charge is -2.26. The summed E-state index contributed by atoms with van der Waals surface area (Å²) in [6, 6.07) is 18.7. The van der Waals surface area contributed by atoms with Gasteiger partial charge < -0.3 is 10.2 Å². The molecule has 0 unspecified atom stereocenters. The summed E-state index contributed by atoms with van der Waals surface area (Å²) in [6.07, 6.45) is 0. The number of hydrogen-bond donors (Lipinski definition) is 1. The van der Waals surface area contributed by atoms with Crippen LogP contribution < -0.4 is 10.2 Å². The van der Waals surface area contributed by atoms with Crippen LogP contribution in [0.1, 0.15) is 11.1 Å². The highest BCUT2D eigenvalue weighted by atomic mass is 19.2. The molecule has 3 aromatic rings. The lowest BCUT2D eigenvalue weighted by molar-refractivity contribution is -0.121. The molecule has 33 heavy (non-hydrogen) atoms. The zero-order valence-corrected chi connectivity index (χ0v) is 18.3. The van der Waals surface area contributed by atoms with Gasteiger partial charge in [0.1, 0.15) is 0 Å². The quantitative estimate of drug-likeness (QED) is 0.509. The molecule has 8 heteroatoms. The fraction of sp³-hybridized carbons (Fsp3) is 0.200. The number of nitrogens with one attached hydrogen (secondary N) is 1. The van der Waals surface area contributed by atoms with Crippen LogP contribution in [0.15, 0.2) is 66.7 Å². The number of nitrogens with zero attached hydrogens (tertiary/aromatic N) is 2. The summed E-state index contributed by atoms with van der Waals surface area (Å²) in [4.78, 5) is 28.5. The van der Waals surface area contributed by atoms with Gasteiger partial charge in [-0.1, -0.05) is 42.5 Å². The number of likely N-dealkylation sites (N-methyl/N-ethyl adjacent to an activating group) is 1. The highest BCUT2D eigenvalue weighted by Crippen LogP contribution is 2.21. The highest BCUT2D eigenvalue weighted by molar-refractivity contribution is 5.96. The molecule has 5 nitrogen and oxygen atoms in total. The Kier molecular flexibility index (Phi) is 7.84. The van der Waals surface area contributed by atoms with Crippen molar-refractivity contribution >= 4 is 23.2 Å². The molecule has 0 aliphatic carbocycles. The molecule has 0 fully saturated rings. The van der Waals surface area contributed by atoms with E-state index < -0.39 is 29.0 Å². The van der Waals surface area contributed by atoms with E-state index in [1.807, 2.05) is 61.5 Å². The summed E-state index contributed by atoms with van der Waals surface area (Å²) in [5.74, 6) is -5.39. The molecule has 0 aliphatic heterocycles. The SMILES string of the molecule is Cc1cccc(N(Cc2ccccc2)C(=O)CN(C)CC(=O)Nc2ccc(F)c(F)c2F)c1. The topological polar surface area (TPSA) is 52.7 Å². The monoisotopic (exact) mass is 455 g/mol. The molecule has 0 bridgehead atoms. The van der Waals surface area contributed by atoms with Gasteiger partial charge in [0.05, 0.1) is 25.3 Å². The van der Waals surface area contributed by atoms with Crippen LogP contribution in [0.4, 0.5) is 24.5 Å². The van der Waals surface area contributed by atoms with E-state index in [0.717, 1.165) is 28.9 Å². The Labute approximate surface area is 190 Å². The van der Waals surface area contributed by atoms with Crippen LogP contribution >= 0.6 is 0 Å². The van der Waals surface area contributed by atoms with Gasteiger partial charge in [-0.05, 0) is 49.4 Å². The number of benzene rings is 3. The Morgan fingerprint density at radius 3 is 2.30 bits per heavy atom. The Morgan fingerprint density at radius 1 is 0.879 bits per heavy atom. The van der Waals surface area contributed by atoms with Gasteiger partial charge in [0.25, 0.3) is 0 Å². The standard InChI is InChI=1S/C25H24F3N3O2/c1-17-7-6-10-19(13-17)31(14-18-8-4-3-5-9-18)23(33)16-30(2)15-22(32)29-21-12-11-20(26)24(27)25(21)28/h3-13H,14-16H2,1-2H3,(H,29,32). The van der Waals surface area contributed by atoms with Crippen molar-refractivity contribution in [2.45, 2.75) is 13.5 Å². The van der Waals surface area contributed by atoms with E-state index in [0.29, 0.717) is 6.54 Å². The molecule has 3 rings (SSSR count). The number of rotatable bonds is 8. The van der Waals surface area contributed by atoms with Gasteiger partial charge in [0.15, 0.2) is 17.5 Å². The smallest absolute Gasteiger partial charge is 0.241 e. The first-order valence-corrected chi connectivity index (χ1v) is 10.3. The summed E-state index contributed by atoms with van der Waals surface area (Å²) in [7, 11) is 1.57. The van der Waals surface area contributed by atoms with E-state index in [1.54, 1.807) is 11.9 Å². The van der Waals surface area contributed by atoms with Crippen LogP contribution in [-0.4, -0.2) is 36.9 Å². The Morgan fingerprint density at radius 2 is 1.61 bits per heavy atom. The van der Waals surface area contributed by atoms with Gasteiger partial charge in [0.2, 0.25) is 11.8 Å². The fourth-order valence-corrected chi connectivity index (χ4v) is 3.31. The molecule has 0 aliphatic rings. The number of carbonyl (C=O) groups is 2. The summed E-state index contributed by atoms with van der Waals surface area (Å²) >= 11 is 0. The van der Waals surface area contributed by atoms with Gasteiger partial charge in [0, 0.05) is 5.69 Å². The molecule has 0 radical (unpaired) electrons. The van der Waals surface area contributed by atoms with Crippen LogP contribution in [0.25, 0.3) is 0 Å². The normalized spacial score (nSPS) is 10.8. The highest BCUT2D eigenvalue weighted by Gasteiger charge is 2.20. The second-order valence-electron chi connectivity index (χ2n) is 7.75. The Hall–Kier alpha value is -3.65. The first kappa shape index (κ1) is 24.0. The Bertz CT molecular complexity index is 1140. The second kappa shape index (κ2) is 10.8. The maximum atomic E-state index is 13.8. The minimum absolute atomic E-state index is 0.0888. The average molecular weight is 455 g/mol. The van der Waals surface area contributed by atoms with Crippen molar-refractivity contribution < 1.29 is 22.8 Å². The summed E-state index contributed by atoms with van der Waals surface area (Å²) in [5.41, 5.74) is 2.20. The van der Waals surface area contributed by atoms with Gasteiger partial charge in [-0.3, -0.25) is 14.5 Å². The maximum absolute atomic E-state index is 13.8. The van der Waals surface area contributed by atoms with Crippen LogP contribution in [0, 0.1) is 24.4 Å². The summed E-state index contributed by atoms with van der Waals surface area (Å²) in [6.45, 7) is 1.94. The van der Waals surface area contributed by atoms with Crippen molar-refractivity contribution in [1.82, 2.24) is 4.90 Å². The lowest BCUT2D eigenvalue weighted by Crippen LogP contribution is -2.41. The molecule has 0 aromatic heterocycles. The van der Waals surface area contributed by atoms with E-state index in [2.05, 4.69) is 5.32 Å². The van der Waals surface area contributed by atoms with Crippen molar-refractivity contribution in [1.29, 1.82) is 0 Å². The number of hydrogen-bond acceptors (Lipinski definition) is 3. The number of anilines is 2. The van der Waals surface area contributed by atoms with E-state index >= 15 is 0 Å². The molecule has 3 aromatic carbocycles. The van der Waals surface area contributed by atoms with Crippen LogP contribution in [0.2, 0.25) is 0 Å². The lowest BCUT2D eigenvalue weighted by atomic mass is 10.1. The first-order chi connectivity index (χ1) is 15.7. The first-order valence-electron chi connectivity index (χ1n) is 10.3. The molecule has 0 heterocycles. The van der Waals surface area contributed by atoms with Gasteiger partial charge in [-0.25, -0.2) is 13.2 Å². The molecule has 2 amide bonds. The number of amides is 2. The van der Waals surface area contributed by atoms with Crippen molar-refractivity contribution in [3.63, 3.8) is 0 Å². The number of carbonyl (C=O) groups excluding carboxylic acids is 2. The third kappa shape index (κ3) is 6.43. The zero-order valence-electron chi connectivity index (χ0n) is 18.3. The third-order valence-electron chi connectivity index (χ3n) is 4.93. The summed E-state index contributed by atoms with van der Waals surface area (Å²) in [5, 5.41) is 2.20. The van der Waals surface area contributed by atoms with E-state index in [1.165, 1.54) is 4.90 Å². The van der Waals surface area contributed by atoms with E-state index in [4.69, 9.17) is 0 Å². The second-order valence-corrected chi connectivity index (χ2v) is 7.75. The van der Waals surface area contributed by atoms with Gasteiger partial charge in [-0.15, -0.1) is 0 Å². The predicted octanol–water partition coefficient (Wildman–Crippen LogP) is 4.52. The molecular weight excluding hydrogens is 431 g/mol. The van der Waals surface area contributed by atoms with E-state index in [-0.39, 0.29) is 19.0 Å². The molecule has 0 saturated carbocycles. The molecule has 0 spiro atoms. The number of aryl methyl sites for hydroxylation is 1. The van der Waals surface area contributed by atoms with Crippen molar-refractivity contribution in [2.24, 2.45) is 0 Å². The van der Waals surface area contributed by atoms with Crippen molar-refractivity contribution in [2.75, 3.05) is 30.4 Å². The molecule has 1 N–H and O–H groups in total. The molecule has 0 saturated heterocycles. The zero-order chi connectivity index (χ0) is 24.0. The van der Waals surface area contributed by atoms with E-state index in [9.17, 15) is 22.8 Å². The fourth-order valence-electron chi connectivity index (χ4n) is 3.31. The summed E-state index contributed by atoms with van der Waals surface area (Å²) < 4.78 is 40.2. The largest absolute Gasteiger partial charge is 0.322 e. The van der Waals surface area contributed by atoms with Crippen LogP contribution in [-0.2, 0) is 16.1 Å². The predicted molar refractivity (Wildman–Crippen MR) is 121 cm³/mol. The Balaban J connectivity index is 1.68. The van der Waals surface area contributed by atoms with Crippen LogP contribution in [0.3, 0.4) is 0 Å². The minimum atomic E-state index is -1.66. The number of halogens is 3.